The van der Waals surface area contributed by atoms with Crippen molar-refractivity contribution in [3.63, 3.8) is 0 Å². The van der Waals surface area contributed by atoms with Crippen LogP contribution >= 0.6 is 0 Å². The van der Waals surface area contributed by atoms with E-state index in [-0.39, 0.29) is 5.91 Å². The van der Waals surface area contributed by atoms with E-state index in [1.54, 1.807) is 42.7 Å². The van der Waals surface area contributed by atoms with Crippen LogP contribution in [0.15, 0.2) is 94.7 Å². The van der Waals surface area contributed by atoms with Crippen molar-refractivity contribution in [2.75, 3.05) is 0 Å². The fourth-order valence-corrected chi connectivity index (χ4v) is 3.10. The molecule has 0 aliphatic heterocycles. The van der Waals surface area contributed by atoms with Gasteiger partial charge in [-0.3, -0.25) is 14.8 Å². The Hall–Kier alpha value is -4.72. The Labute approximate surface area is 182 Å². The summed E-state index contributed by atoms with van der Waals surface area (Å²) in [4.78, 5) is 20.7. The third-order valence-corrected chi connectivity index (χ3v) is 4.72. The Morgan fingerprint density at radius 3 is 2.44 bits per heavy atom. The van der Waals surface area contributed by atoms with Gasteiger partial charge in [0.1, 0.15) is 0 Å². The maximum atomic E-state index is 12.3. The summed E-state index contributed by atoms with van der Waals surface area (Å²) in [7, 11) is 0. The van der Waals surface area contributed by atoms with Crippen LogP contribution in [0.3, 0.4) is 0 Å². The number of nitrogens with zero attached hydrogens (tertiary/aromatic N) is 5. The fourth-order valence-electron chi connectivity index (χ4n) is 3.10. The van der Waals surface area contributed by atoms with Crippen LogP contribution in [-0.4, -0.2) is 32.3 Å². The second-order valence-corrected chi connectivity index (χ2v) is 6.85. The molecule has 32 heavy (non-hydrogen) atoms. The van der Waals surface area contributed by atoms with Gasteiger partial charge in [0.05, 0.1) is 17.4 Å². The SMILES string of the molecule is O=C(N/N=C/c1ccccn1)c1ccc(-c2nnc(-c3ccc4ncccc4c3)o2)cc1. The number of carbonyl (C=O) groups is 1. The first kappa shape index (κ1) is 19.3. The number of carbonyl (C=O) groups excluding carboxylic acids is 1. The molecule has 0 spiro atoms. The molecule has 0 aliphatic carbocycles. The smallest absolute Gasteiger partial charge is 0.271 e. The molecule has 8 nitrogen and oxygen atoms in total. The van der Waals surface area contributed by atoms with Crippen molar-refractivity contribution in [3.8, 4) is 22.9 Å². The largest absolute Gasteiger partial charge is 0.416 e. The van der Waals surface area contributed by atoms with Crippen LogP contribution in [-0.2, 0) is 0 Å². The minimum absolute atomic E-state index is 0.334. The van der Waals surface area contributed by atoms with Crippen LogP contribution in [0, 0.1) is 0 Å². The number of pyridine rings is 2. The van der Waals surface area contributed by atoms with Gasteiger partial charge in [0, 0.05) is 34.5 Å². The van der Waals surface area contributed by atoms with Crippen molar-refractivity contribution in [1.29, 1.82) is 0 Å². The highest BCUT2D eigenvalue weighted by Crippen LogP contribution is 2.26. The van der Waals surface area contributed by atoms with Crippen LogP contribution in [0.25, 0.3) is 33.8 Å². The van der Waals surface area contributed by atoms with Gasteiger partial charge in [-0.2, -0.15) is 5.10 Å². The lowest BCUT2D eigenvalue weighted by atomic mass is 10.1. The van der Waals surface area contributed by atoms with Crippen molar-refractivity contribution in [1.82, 2.24) is 25.6 Å². The Morgan fingerprint density at radius 2 is 1.62 bits per heavy atom. The first-order valence-corrected chi connectivity index (χ1v) is 9.80. The van der Waals surface area contributed by atoms with Gasteiger partial charge in [-0.05, 0) is 60.7 Å². The summed E-state index contributed by atoms with van der Waals surface area (Å²) in [6.45, 7) is 0. The lowest BCUT2D eigenvalue weighted by Gasteiger charge is -2.01. The van der Waals surface area contributed by atoms with Crippen molar-refractivity contribution < 1.29 is 9.21 Å². The standard InChI is InChI=1S/C24H16N6O2/c31-22(28-27-15-20-5-1-2-12-25-20)16-6-8-17(9-7-16)23-29-30-24(32-23)19-10-11-21-18(14-19)4-3-13-26-21/h1-15H,(H,28,31)/b27-15+. The van der Waals surface area contributed by atoms with Crippen LogP contribution in [0.5, 0.6) is 0 Å². The van der Waals surface area contributed by atoms with E-state index in [1.165, 1.54) is 6.21 Å². The van der Waals surface area contributed by atoms with Gasteiger partial charge in [0.25, 0.3) is 5.91 Å². The lowest BCUT2D eigenvalue weighted by Crippen LogP contribution is -2.17. The summed E-state index contributed by atoms with van der Waals surface area (Å²) < 4.78 is 5.85. The molecule has 5 aromatic rings. The van der Waals surface area contributed by atoms with E-state index < -0.39 is 0 Å². The highest BCUT2D eigenvalue weighted by molar-refractivity contribution is 5.95. The average Bonchev–Trinajstić information content (AvgIpc) is 3.35. The molecular weight excluding hydrogens is 404 g/mol. The zero-order valence-corrected chi connectivity index (χ0v) is 16.7. The maximum Gasteiger partial charge on any atom is 0.271 e. The Kier molecular flexibility index (Phi) is 5.15. The van der Waals surface area contributed by atoms with Gasteiger partial charge in [0.2, 0.25) is 11.8 Å². The molecule has 1 N–H and O–H groups in total. The van der Waals surface area contributed by atoms with E-state index in [9.17, 15) is 4.79 Å². The third-order valence-electron chi connectivity index (χ3n) is 4.72. The molecule has 0 radical (unpaired) electrons. The van der Waals surface area contributed by atoms with Crippen LogP contribution in [0.1, 0.15) is 16.1 Å². The number of hydrazone groups is 1. The molecule has 3 heterocycles. The van der Waals surface area contributed by atoms with Crippen molar-refractivity contribution in [3.05, 3.63) is 96.4 Å². The summed E-state index contributed by atoms with van der Waals surface area (Å²) in [5.74, 6) is 0.447. The summed E-state index contributed by atoms with van der Waals surface area (Å²) >= 11 is 0. The normalized spacial score (nSPS) is 11.1. The Morgan fingerprint density at radius 1 is 0.844 bits per heavy atom. The molecule has 0 fully saturated rings. The van der Waals surface area contributed by atoms with E-state index in [1.807, 2.05) is 42.5 Å². The zero-order valence-electron chi connectivity index (χ0n) is 16.7. The molecule has 154 valence electrons. The minimum Gasteiger partial charge on any atom is -0.416 e. The van der Waals surface area contributed by atoms with Gasteiger partial charge >= 0.3 is 0 Å². The fraction of sp³-hybridized carbons (Fsp3) is 0. The maximum absolute atomic E-state index is 12.3. The van der Waals surface area contributed by atoms with Crippen molar-refractivity contribution in [2.24, 2.45) is 5.10 Å². The summed E-state index contributed by atoms with van der Waals surface area (Å²) in [5, 5.41) is 13.2. The second-order valence-electron chi connectivity index (χ2n) is 6.85. The number of benzene rings is 2. The summed E-state index contributed by atoms with van der Waals surface area (Å²) in [5.41, 5.74) is 6.00. The third kappa shape index (κ3) is 4.10. The number of rotatable bonds is 5. The molecule has 0 saturated carbocycles. The predicted molar refractivity (Wildman–Crippen MR) is 120 cm³/mol. The summed E-state index contributed by atoms with van der Waals surface area (Å²) in [6, 6.07) is 21.9. The van der Waals surface area contributed by atoms with Crippen molar-refractivity contribution in [2.45, 2.75) is 0 Å². The molecule has 5 rings (SSSR count). The quantitative estimate of drug-likeness (QED) is 0.339. The zero-order chi connectivity index (χ0) is 21.8. The number of amides is 1. The molecule has 1 amide bonds. The molecule has 3 aromatic heterocycles. The summed E-state index contributed by atoms with van der Waals surface area (Å²) in [6.07, 6.45) is 4.89. The Bertz CT molecular complexity index is 1410. The van der Waals surface area contributed by atoms with E-state index in [0.29, 0.717) is 28.6 Å². The predicted octanol–water partition coefficient (Wildman–Crippen LogP) is 4.11. The number of hydrogen-bond acceptors (Lipinski definition) is 7. The van der Waals surface area contributed by atoms with E-state index in [4.69, 9.17) is 4.42 Å². The van der Waals surface area contributed by atoms with E-state index in [0.717, 1.165) is 16.5 Å². The molecule has 0 unspecified atom stereocenters. The van der Waals surface area contributed by atoms with Gasteiger partial charge in [-0.15, -0.1) is 10.2 Å². The number of nitrogens with one attached hydrogen (secondary N) is 1. The topological polar surface area (TPSA) is 106 Å². The molecule has 2 aromatic carbocycles. The van der Waals surface area contributed by atoms with E-state index >= 15 is 0 Å². The number of aromatic nitrogens is 4. The lowest BCUT2D eigenvalue weighted by molar-refractivity contribution is 0.0955. The highest BCUT2D eigenvalue weighted by atomic mass is 16.4. The van der Waals surface area contributed by atoms with Crippen LogP contribution in [0.4, 0.5) is 0 Å². The highest BCUT2D eigenvalue weighted by Gasteiger charge is 2.12. The van der Waals surface area contributed by atoms with Crippen LogP contribution < -0.4 is 5.43 Å². The van der Waals surface area contributed by atoms with E-state index in [2.05, 4.69) is 30.7 Å². The molecule has 0 aliphatic rings. The second kappa shape index (κ2) is 8.57. The average molecular weight is 420 g/mol. The van der Waals surface area contributed by atoms with Gasteiger partial charge < -0.3 is 4.42 Å². The Balaban J connectivity index is 1.29. The van der Waals surface area contributed by atoms with Crippen LogP contribution in [0.2, 0.25) is 0 Å². The molecule has 0 saturated heterocycles. The minimum atomic E-state index is -0.334. The molecule has 0 bridgehead atoms. The monoisotopic (exact) mass is 420 g/mol. The van der Waals surface area contributed by atoms with Gasteiger partial charge in [0.15, 0.2) is 0 Å². The van der Waals surface area contributed by atoms with Crippen molar-refractivity contribution >= 4 is 23.0 Å². The molecule has 8 heteroatoms. The number of hydrogen-bond donors (Lipinski definition) is 1. The van der Waals surface area contributed by atoms with Gasteiger partial charge in [-0.1, -0.05) is 12.1 Å². The molecular formula is C24H16N6O2. The molecule has 0 atom stereocenters. The first-order chi connectivity index (χ1) is 15.8. The first-order valence-electron chi connectivity index (χ1n) is 9.80. The van der Waals surface area contributed by atoms with Gasteiger partial charge in [-0.25, -0.2) is 5.43 Å². The number of fused-ring (bicyclic) bond motifs is 1.